The molecule has 11 heteroatoms. The fraction of sp³-hybridized carbons (Fsp3) is 0.444. The van der Waals surface area contributed by atoms with Crippen LogP contribution in [0.15, 0.2) is 63.3 Å². The largest absolute Gasteiger partial charge is 0.462 e. The number of ether oxygens (including phenoxy) is 6. The second kappa shape index (κ2) is 18.6. The van der Waals surface area contributed by atoms with E-state index >= 15 is 0 Å². The molecule has 0 rings (SSSR count). The molecule has 0 amide bonds. The number of carbonyl (C=O) groups is 5. The van der Waals surface area contributed by atoms with E-state index in [1.807, 2.05) is 0 Å². The van der Waals surface area contributed by atoms with Gasteiger partial charge in [-0.1, -0.05) is 39.8 Å². The fourth-order valence-electron chi connectivity index (χ4n) is 2.63. The van der Waals surface area contributed by atoms with Gasteiger partial charge in [-0.2, -0.15) is 0 Å². The molecule has 0 N–H and O–H groups in total. The minimum Gasteiger partial charge on any atom is -0.462 e. The van der Waals surface area contributed by atoms with E-state index in [1.54, 1.807) is 6.92 Å². The maximum Gasteiger partial charge on any atom is 0.330 e. The SMILES string of the molecule is C=CC(=O)COCC(COCC(=O)C=C)(COCC(C)(COC(=O)C=C)COC(=O)C=C)COC(=O)C=C. The van der Waals surface area contributed by atoms with Gasteiger partial charge in [0.1, 0.15) is 33.0 Å². The Balaban J connectivity index is 5.78. The highest BCUT2D eigenvalue weighted by Crippen LogP contribution is 2.25. The van der Waals surface area contributed by atoms with Gasteiger partial charge in [0.05, 0.1) is 37.3 Å². The van der Waals surface area contributed by atoms with Crippen molar-refractivity contribution < 1.29 is 52.4 Å². The summed E-state index contributed by atoms with van der Waals surface area (Å²) < 4.78 is 32.4. The van der Waals surface area contributed by atoms with Gasteiger partial charge in [-0.05, 0) is 12.2 Å². The molecule has 0 fully saturated rings. The van der Waals surface area contributed by atoms with Crippen LogP contribution in [0.1, 0.15) is 6.92 Å². The van der Waals surface area contributed by atoms with Crippen molar-refractivity contribution in [3.05, 3.63) is 63.3 Å². The van der Waals surface area contributed by atoms with E-state index in [-0.39, 0.29) is 71.0 Å². The summed E-state index contributed by atoms with van der Waals surface area (Å²) in [6.45, 7) is 16.6. The van der Waals surface area contributed by atoms with Gasteiger partial charge in [0.15, 0.2) is 11.6 Å². The summed E-state index contributed by atoms with van der Waals surface area (Å²) in [5.74, 6) is -2.86. The molecule has 0 aliphatic rings. The topological polar surface area (TPSA) is 141 Å². The highest BCUT2D eigenvalue weighted by atomic mass is 16.6. The molecule has 0 radical (unpaired) electrons. The quantitative estimate of drug-likeness (QED) is 0.107. The van der Waals surface area contributed by atoms with Crippen LogP contribution in [0.5, 0.6) is 0 Å². The lowest BCUT2D eigenvalue weighted by Crippen LogP contribution is -2.44. The number of rotatable bonds is 23. The van der Waals surface area contributed by atoms with Gasteiger partial charge in [-0.3, -0.25) is 9.59 Å². The summed E-state index contributed by atoms with van der Waals surface area (Å²) in [6.07, 6.45) is 5.12. The molecular weight excluding hydrogens is 500 g/mol. The summed E-state index contributed by atoms with van der Waals surface area (Å²) >= 11 is 0. The molecule has 0 heterocycles. The zero-order valence-corrected chi connectivity index (χ0v) is 21.8. The first-order chi connectivity index (χ1) is 18.0. The van der Waals surface area contributed by atoms with Gasteiger partial charge in [-0.25, -0.2) is 14.4 Å². The molecule has 0 aliphatic heterocycles. The van der Waals surface area contributed by atoms with Crippen LogP contribution in [0.2, 0.25) is 0 Å². The summed E-state index contributed by atoms with van der Waals surface area (Å²) in [7, 11) is 0. The molecule has 0 aliphatic carbocycles. The molecule has 0 spiro atoms. The lowest BCUT2D eigenvalue weighted by atomic mass is 9.91. The van der Waals surface area contributed by atoms with Crippen molar-refractivity contribution in [1.82, 2.24) is 0 Å². The summed E-state index contributed by atoms with van der Waals surface area (Å²) in [4.78, 5) is 58.3. The van der Waals surface area contributed by atoms with Crippen molar-refractivity contribution in [2.75, 3.05) is 59.5 Å². The molecule has 0 aromatic heterocycles. The van der Waals surface area contributed by atoms with Crippen LogP contribution in [-0.4, -0.2) is 88.9 Å². The smallest absolute Gasteiger partial charge is 0.330 e. The fourth-order valence-corrected chi connectivity index (χ4v) is 2.63. The molecule has 11 nitrogen and oxygen atoms in total. The molecule has 38 heavy (non-hydrogen) atoms. The molecule has 0 unspecified atom stereocenters. The molecule has 0 aromatic rings. The summed E-state index contributed by atoms with van der Waals surface area (Å²) in [6, 6.07) is 0. The van der Waals surface area contributed by atoms with Gasteiger partial charge in [0.25, 0.3) is 0 Å². The first-order valence-electron chi connectivity index (χ1n) is 11.4. The van der Waals surface area contributed by atoms with E-state index in [0.717, 1.165) is 30.4 Å². The second-order valence-corrected chi connectivity index (χ2v) is 8.57. The highest BCUT2D eigenvalue weighted by Gasteiger charge is 2.36. The molecule has 0 bridgehead atoms. The van der Waals surface area contributed by atoms with Gasteiger partial charge >= 0.3 is 17.9 Å². The standard InChI is InChI=1S/C27H36O11/c1-7-21(28)12-33-17-27(20-38-25(32)11-5,18-34-13-22(29)8-2)19-35-14-26(6,15-36-23(30)9-3)16-37-24(31)10-4/h7-11H,1-5,12-20H2,6H3. The number of esters is 3. The maximum absolute atomic E-state index is 11.8. The zero-order chi connectivity index (χ0) is 29.0. The average molecular weight is 537 g/mol. The van der Waals surface area contributed by atoms with E-state index < -0.39 is 28.7 Å². The third-order valence-corrected chi connectivity index (χ3v) is 4.77. The third kappa shape index (κ3) is 14.8. The van der Waals surface area contributed by atoms with Crippen molar-refractivity contribution in [3.8, 4) is 0 Å². The van der Waals surface area contributed by atoms with Crippen molar-refractivity contribution in [1.29, 1.82) is 0 Å². The minimum absolute atomic E-state index is 0.101. The van der Waals surface area contributed by atoms with Crippen LogP contribution < -0.4 is 0 Å². The monoisotopic (exact) mass is 536 g/mol. The van der Waals surface area contributed by atoms with Crippen LogP contribution in [0.25, 0.3) is 0 Å². The Bertz CT molecular complexity index is 837. The van der Waals surface area contributed by atoms with Crippen LogP contribution >= 0.6 is 0 Å². The third-order valence-electron chi connectivity index (χ3n) is 4.77. The van der Waals surface area contributed by atoms with Crippen LogP contribution in [0.4, 0.5) is 0 Å². The van der Waals surface area contributed by atoms with Crippen molar-refractivity contribution >= 4 is 29.5 Å². The molecule has 0 aromatic carbocycles. The van der Waals surface area contributed by atoms with Gasteiger partial charge in [0.2, 0.25) is 0 Å². The zero-order valence-electron chi connectivity index (χ0n) is 21.8. The Hall–Kier alpha value is -3.67. The average Bonchev–Trinajstić information content (AvgIpc) is 2.92. The van der Waals surface area contributed by atoms with Crippen molar-refractivity contribution in [2.45, 2.75) is 6.92 Å². The Morgan fingerprint density at radius 2 is 0.895 bits per heavy atom. The Morgan fingerprint density at radius 3 is 1.26 bits per heavy atom. The normalized spacial score (nSPS) is 11.0. The lowest BCUT2D eigenvalue weighted by molar-refractivity contribution is -0.159. The molecule has 0 saturated carbocycles. The van der Waals surface area contributed by atoms with E-state index in [2.05, 4.69) is 32.9 Å². The molecule has 0 atom stereocenters. The number of ketones is 2. The second-order valence-electron chi connectivity index (χ2n) is 8.57. The maximum atomic E-state index is 11.8. The Kier molecular flexibility index (Phi) is 16.8. The number of hydrogen-bond acceptors (Lipinski definition) is 11. The first kappa shape index (κ1) is 34.3. The predicted octanol–water partition coefficient (Wildman–Crippen LogP) is 1.73. The Labute approximate surface area is 222 Å². The van der Waals surface area contributed by atoms with Gasteiger partial charge in [0, 0.05) is 18.2 Å². The van der Waals surface area contributed by atoms with E-state index in [9.17, 15) is 24.0 Å². The minimum atomic E-state index is -1.18. The summed E-state index contributed by atoms with van der Waals surface area (Å²) in [5, 5.41) is 0. The van der Waals surface area contributed by atoms with E-state index in [0.29, 0.717) is 0 Å². The number of hydrogen-bond donors (Lipinski definition) is 0. The Morgan fingerprint density at radius 1 is 0.526 bits per heavy atom. The molecule has 210 valence electrons. The number of carbonyl (C=O) groups excluding carboxylic acids is 5. The first-order valence-corrected chi connectivity index (χ1v) is 11.4. The van der Waals surface area contributed by atoms with Crippen molar-refractivity contribution in [2.24, 2.45) is 10.8 Å². The predicted molar refractivity (Wildman–Crippen MR) is 137 cm³/mol. The van der Waals surface area contributed by atoms with E-state index in [1.165, 1.54) is 0 Å². The lowest BCUT2D eigenvalue weighted by Gasteiger charge is -2.34. The van der Waals surface area contributed by atoms with Crippen LogP contribution in [-0.2, 0) is 52.4 Å². The van der Waals surface area contributed by atoms with Crippen molar-refractivity contribution in [3.63, 3.8) is 0 Å². The van der Waals surface area contributed by atoms with Gasteiger partial charge < -0.3 is 28.4 Å². The molecular formula is C27H36O11. The van der Waals surface area contributed by atoms with E-state index in [4.69, 9.17) is 28.4 Å². The highest BCUT2D eigenvalue weighted by molar-refractivity contribution is 5.90. The van der Waals surface area contributed by atoms with Gasteiger partial charge in [-0.15, -0.1) is 0 Å². The summed E-state index contributed by atoms with van der Waals surface area (Å²) in [5.41, 5.74) is -2.18. The molecule has 0 saturated heterocycles. The van der Waals surface area contributed by atoms with Crippen LogP contribution in [0, 0.1) is 10.8 Å². The van der Waals surface area contributed by atoms with Crippen LogP contribution in [0.3, 0.4) is 0 Å².